The molecule has 1 aromatic rings. The number of hydrogen-bond donors (Lipinski definition) is 2. The molecule has 0 spiro atoms. The summed E-state index contributed by atoms with van der Waals surface area (Å²) in [5.41, 5.74) is 6.96. The molecule has 0 bridgehead atoms. The fraction of sp³-hybridized carbons (Fsp3) is 0.562. The van der Waals surface area contributed by atoms with Crippen molar-refractivity contribution in [2.75, 3.05) is 27.7 Å². The first-order valence-electron chi connectivity index (χ1n) is 7.12. The molecule has 5 nitrogen and oxygen atoms in total. The number of nitrogens with two attached hydrogens (primary N) is 1. The van der Waals surface area contributed by atoms with Crippen LogP contribution in [0.2, 0.25) is 0 Å². The van der Waals surface area contributed by atoms with Crippen LogP contribution in [-0.2, 0) is 0 Å². The van der Waals surface area contributed by atoms with E-state index in [-0.39, 0.29) is 35.6 Å². The quantitative estimate of drug-likeness (QED) is 0.437. The van der Waals surface area contributed by atoms with Crippen LogP contribution in [0.1, 0.15) is 32.4 Å². The van der Waals surface area contributed by atoms with Gasteiger partial charge in [0, 0.05) is 11.1 Å². The van der Waals surface area contributed by atoms with E-state index in [0.29, 0.717) is 12.5 Å². The van der Waals surface area contributed by atoms with Gasteiger partial charge in [-0.25, -0.2) is 0 Å². The Hall–Kier alpha value is -1.02. The molecule has 0 amide bonds. The molecule has 0 fully saturated rings. The third-order valence-electron chi connectivity index (χ3n) is 3.06. The van der Waals surface area contributed by atoms with E-state index in [1.807, 2.05) is 32.3 Å². The van der Waals surface area contributed by atoms with Gasteiger partial charge in [-0.05, 0) is 40.9 Å². The molecule has 22 heavy (non-hydrogen) atoms. The second kappa shape index (κ2) is 9.19. The van der Waals surface area contributed by atoms with Gasteiger partial charge in [0.1, 0.15) is 5.75 Å². The van der Waals surface area contributed by atoms with E-state index >= 15 is 0 Å². The van der Waals surface area contributed by atoms with Crippen molar-refractivity contribution in [3.05, 3.63) is 29.8 Å². The summed E-state index contributed by atoms with van der Waals surface area (Å²) >= 11 is 0. The summed E-state index contributed by atoms with van der Waals surface area (Å²) in [6, 6.07) is 8.11. The number of likely N-dealkylation sites (N-methyl/N-ethyl adjacent to an activating group) is 1. The van der Waals surface area contributed by atoms with E-state index < -0.39 is 0 Å². The third kappa shape index (κ3) is 6.83. The number of nitrogens with zero attached hydrogens (tertiary/aromatic N) is 2. The Morgan fingerprint density at radius 3 is 2.41 bits per heavy atom. The number of hydrogen-bond acceptors (Lipinski definition) is 3. The Morgan fingerprint density at radius 2 is 1.91 bits per heavy atom. The number of nitrogens with one attached hydrogen (secondary N) is 1. The topological polar surface area (TPSA) is 62.9 Å². The van der Waals surface area contributed by atoms with Crippen molar-refractivity contribution in [3.63, 3.8) is 0 Å². The highest BCUT2D eigenvalue weighted by Crippen LogP contribution is 2.28. The lowest BCUT2D eigenvalue weighted by Gasteiger charge is -2.26. The Morgan fingerprint density at radius 1 is 1.32 bits per heavy atom. The third-order valence-corrected chi connectivity index (χ3v) is 3.06. The van der Waals surface area contributed by atoms with Gasteiger partial charge in [-0.1, -0.05) is 18.2 Å². The van der Waals surface area contributed by atoms with E-state index in [1.165, 1.54) is 0 Å². The number of halogens is 1. The Bertz CT molecular complexity index is 483. The second-order valence-electron chi connectivity index (χ2n) is 6.32. The van der Waals surface area contributed by atoms with Gasteiger partial charge in [-0.15, -0.1) is 24.0 Å². The molecule has 3 N–H and O–H groups in total. The highest BCUT2D eigenvalue weighted by molar-refractivity contribution is 14.0. The minimum absolute atomic E-state index is 0. The van der Waals surface area contributed by atoms with Crippen LogP contribution in [0.15, 0.2) is 29.3 Å². The van der Waals surface area contributed by atoms with Crippen molar-refractivity contribution in [2.45, 2.75) is 32.4 Å². The average molecular weight is 420 g/mol. The van der Waals surface area contributed by atoms with Crippen LogP contribution in [0.3, 0.4) is 0 Å². The summed E-state index contributed by atoms with van der Waals surface area (Å²) in [7, 11) is 5.74. The number of rotatable bonds is 5. The van der Waals surface area contributed by atoms with Gasteiger partial charge in [-0.3, -0.25) is 4.99 Å². The van der Waals surface area contributed by atoms with Crippen LogP contribution < -0.4 is 15.8 Å². The molecule has 0 aliphatic rings. The molecule has 1 rings (SSSR count). The minimum atomic E-state index is -0.0916. The smallest absolute Gasteiger partial charge is 0.189 e. The van der Waals surface area contributed by atoms with Gasteiger partial charge in [-0.2, -0.15) is 0 Å². The maximum absolute atomic E-state index is 5.95. The van der Waals surface area contributed by atoms with Gasteiger partial charge in [0.25, 0.3) is 0 Å². The molecule has 126 valence electrons. The standard InChI is InChI=1S/C16H28N4O.HI/c1-16(2,3)19-15(17)18-11-13(20(4)5)12-9-7-8-10-14(12)21-6;/h7-10,13H,11H2,1-6H3,(H3,17,18,19);1H. The minimum Gasteiger partial charge on any atom is -0.496 e. The summed E-state index contributed by atoms with van der Waals surface area (Å²) < 4.78 is 5.44. The molecular weight excluding hydrogens is 391 g/mol. The highest BCUT2D eigenvalue weighted by Gasteiger charge is 2.18. The van der Waals surface area contributed by atoms with Crippen molar-refractivity contribution in [2.24, 2.45) is 10.7 Å². The normalized spacial score (nSPS) is 13.5. The highest BCUT2D eigenvalue weighted by atomic mass is 127. The Labute approximate surface area is 151 Å². The van der Waals surface area contributed by atoms with Gasteiger partial charge in [0.2, 0.25) is 0 Å². The molecule has 0 aliphatic heterocycles. The zero-order valence-electron chi connectivity index (χ0n) is 14.4. The molecule has 1 atom stereocenters. The first-order valence-corrected chi connectivity index (χ1v) is 7.12. The zero-order chi connectivity index (χ0) is 16.0. The average Bonchev–Trinajstić information content (AvgIpc) is 2.37. The van der Waals surface area contributed by atoms with Gasteiger partial charge in [0.15, 0.2) is 5.96 Å². The first kappa shape index (κ1) is 21.0. The van der Waals surface area contributed by atoms with Crippen LogP contribution in [0.25, 0.3) is 0 Å². The van der Waals surface area contributed by atoms with Crippen molar-refractivity contribution >= 4 is 29.9 Å². The monoisotopic (exact) mass is 420 g/mol. The number of para-hydroxylation sites is 1. The molecule has 0 radical (unpaired) electrons. The van der Waals surface area contributed by atoms with Gasteiger partial charge in [0.05, 0.1) is 19.7 Å². The predicted molar refractivity (Wildman–Crippen MR) is 104 cm³/mol. The molecule has 1 aromatic carbocycles. The van der Waals surface area contributed by atoms with E-state index in [4.69, 9.17) is 10.5 Å². The Balaban J connectivity index is 0.00000441. The largest absolute Gasteiger partial charge is 0.496 e. The Kier molecular flexibility index (Phi) is 8.77. The predicted octanol–water partition coefficient (Wildman–Crippen LogP) is 2.62. The molecule has 0 saturated heterocycles. The van der Waals surface area contributed by atoms with E-state index in [9.17, 15) is 0 Å². The molecule has 6 heteroatoms. The van der Waals surface area contributed by atoms with E-state index in [0.717, 1.165) is 11.3 Å². The lowest BCUT2D eigenvalue weighted by atomic mass is 10.0. The summed E-state index contributed by atoms with van der Waals surface area (Å²) in [5, 5.41) is 3.17. The zero-order valence-corrected chi connectivity index (χ0v) is 16.7. The number of guanidine groups is 1. The maximum atomic E-state index is 5.95. The summed E-state index contributed by atoms with van der Waals surface area (Å²) in [4.78, 5) is 6.59. The molecule has 0 aromatic heterocycles. The lowest BCUT2D eigenvalue weighted by Crippen LogP contribution is -2.45. The van der Waals surface area contributed by atoms with Crippen LogP contribution in [0, 0.1) is 0 Å². The van der Waals surface area contributed by atoms with Crippen LogP contribution >= 0.6 is 24.0 Å². The van der Waals surface area contributed by atoms with Gasteiger partial charge < -0.3 is 20.7 Å². The van der Waals surface area contributed by atoms with Crippen LogP contribution in [-0.4, -0.2) is 44.1 Å². The second-order valence-corrected chi connectivity index (χ2v) is 6.32. The van der Waals surface area contributed by atoms with Crippen molar-refractivity contribution in [1.29, 1.82) is 0 Å². The summed E-state index contributed by atoms with van der Waals surface area (Å²) in [6.45, 7) is 6.74. The maximum Gasteiger partial charge on any atom is 0.189 e. The van der Waals surface area contributed by atoms with Crippen molar-refractivity contribution < 1.29 is 4.74 Å². The van der Waals surface area contributed by atoms with Gasteiger partial charge >= 0.3 is 0 Å². The van der Waals surface area contributed by atoms with E-state index in [2.05, 4.69) is 42.0 Å². The molecule has 0 aliphatic carbocycles. The van der Waals surface area contributed by atoms with Crippen LogP contribution in [0.4, 0.5) is 0 Å². The first-order chi connectivity index (χ1) is 9.74. The SMILES string of the molecule is COc1ccccc1C(CN=C(N)NC(C)(C)C)N(C)C.I. The fourth-order valence-electron chi connectivity index (χ4n) is 2.09. The number of ether oxygens (including phenoxy) is 1. The summed E-state index contributed by atoms with van der Waals surface area (Å²) in [5.74, 6) is 1.33. The number of benzene rings is 1. The summed E-state index contributed by atoms with van der Waals surface area (Å²) in [6.07, 6.45) is 0. The number of methoxy groups -OCH3 is 1. The number of aliphatic imine (C=N–C) groups is 1. The van der Waals surface area contributed by atoms with E-state index in [1.54, 1.807) is 7.11 Å². The molecular formula is C16H29IN4O. The van der Waals surface area contributed by atoms with Crippen LogP contribution in [0.5, 0.6) is 5.75 Å². The fourth-order valence-corrected chi connectivity index (χ4v) is 2.09. The van der Waals surface area contributed by atoms with Crippen molar-refractivity contribution in [3.8, 4) is 5.75 Å². The molecule has 1 unspecified atom stereocenters. The van der Waals surface area contributed by atoms with Crippen molar-refractivity contribution in [1.82, 2.24) is 10.2 Å². The molecule has 0 saturated carbocycles. The lowest BCUT2D eigenvalue weighted by molar-refractivity contribution is 0.295. The molecule has 0 heterocycles.